The molecular formula is C9H17NO8S3. The van der Waals surface area contributed by atoms with E-state index in [9.17, 15) is 30.0 Å². The number of sulfonamides is 1. The van der Waals surface area contributed by atoms with Gasteiger partial charge in [0.1, 0.15) is 15.9 Å². The molecule has 1 aliphatic rings. The van der Waals surface area contributed by atoms with Gasteiger partial charge in [0.05, 0.1) is 22.5 Å². The maximum absolute atomic E-state index is 12.0. The molecule has 2 N–H and O–H groups in total. The lowest BCUT2D eigenvalue weighted by molar-refractivity contribution is -0.139. The summed E-state index contributed by atoms with van der Waals surface area (Å²) < 4.78 is 70.4. The van der Waals surface area contributed by atoms with Gasteiger partial charge in [0.2, 0.25) is 10.0 Å². The van der Waals surface area contributed by atoms with Crippen molar-refractivity contribution in [2.75, 3.05) is 23.5 Å². The summed E-state index contributed by atoms with van der Waals surface area (Å²) >= 11 is 0. The molecule has 1 heterocycles. The predicted molar refractivity (Wildman–Crippen MR) is 74.9 cm³/mol. The molecule has 2 unspecified atom stereocenters. The number of carbonyl (C=O) groups is 1. The van der Waals surface area contributed by atoms with E-state index in [1.54, 1.807) is 0 Å². The molecule has 0 aromatic heterocycles. The molecule has 0 radical (unpaired) electrons. The molecule has 0 aromatic carbocycles. The fraction of sp³-hybridized carbons (Fsp3) is 0.889. The molecule has 124 valence electrons. The van der Waals surface area contributed by atoms with Crippen LogP contribution in [0.4, 0.5) is 0 Å². The summed E-state index contributed by atoms with van der Waals surface area (Å²) in [5.74, 6) is -2.82. The molecule has 12 heteroatoms. The van der Waals surface area contributed by atoms with Gasteiger partial charge in [0, 0.05) is 6.26 Å². The Labute approximate surface area is 123 Å². The Morgan fingerprint density at radius 2 is 1.90 bits per heavy atom. The minimum Gasteiger partial charge on any atom is -0.480 e. The average molecular weight is 363 g/mol. The van der Waals surface area contributed by atoms with E-state index in [-0.39, 0.29) is 12.2 Å². The zero-order valence-electron chi connectivity index (χ0n) is 11.2. The number of aliphatic carboxylic acids is 1. The van der Waals surface area contributed by atoms with Crippen LogP contribution in [0, 0.1) is 0 Å². The third-order valence-corrected chi connectivity index (χ3v) is 7.86. The highest BCUT2D eigenvalue weighted by atomic mass is 32.2. The second-order valence-electron chi connectivity index (χ2n) is 5.00. The van der Waals surface area contributed by atoms with Gasteiger partial charge in [0.15, 0.2) is 9.84 Å². The van der Waals surface area contributed by atoms with Gasteiger partial charge >= 0.3 is 5.97 Å². The van der Waals surface area contributed by atoms with E-state index >= 15 is 0 Å². The first-order chi connectivity index (χ1) is 9.32. The Morgan fingerprint density at radius 3 is 2.29 bits per heavy atom. The molecular weight excluding hydrogens is 346 g/mol. The fourth-order valence-corrected chi connectivity index (χ4v) is 6.80. The molecule has 0 saturated carbocycles. The van der Waals surface area contributed by atoms with Crippen molar-refractivity contribution >= 4 is 35.7 Å². The molecule has 9 nitrogen and oxygen atoms in total. The summed E-state index contributed by atoms with van der Waals surface area (Å²) in [6.45, 7) is 0. The van der Waals surface area contributed by atoms with Gasteiger partial charge in [-0.15, -0.1) is 0 Å². The van der Waals surface area contributed by atoms with Crippen molar-refractivity contribution in [1.29, 1.82) is 0 Å². The van der Waals surface area contributed by atoms with Crippen LogP contribution < -0.4 is 4.72 Å². The number of carboxylic acids is 1. The standard InChI is InChI=1S/C9H17NO8S3/c1-19(13,14)4-3-8(9(11)12)10-21(17,18)7-2-5-20(15,16)6-7/h7-8,10H,2-6H2,1H3,(H,11,12). The number of hydrogen-bond donors (Lipinski definition) is 2. The van der Waals surface area contributed by atoms with Crippen molar-refractivity contribution in [2.45, 2.75) is 24.1 Å². The summed E-state index contributed by atoms with van der Waals surface area (Å²) in [5, 5.41) is 7.73. The van der Waals surface area contributed by atoms with E-state index < -0.39 is 64.9 Å². The largest absolute Gasteiger partial charge is 0.480 e. The van der Waals surface area contributed by atoms with Crippen molar-refractivity contribution < 1.29 is 35.2 Å². The topological polar surface area (TPSA) is 152 Å². The predicted octanol–water partition coefficient (Wildman–Crippen LogP) is -2.02. The van der Waals surface area contributed by atoms with Gasteiger partial charge in [0.25, 0.3) is 0 Å². The van der Waals surface area contributed by atoms with E-state index in [4.69, 9.17) is 5.11 Å². The summed E-state index contributed by atoms with van der Waals surface area (Å²) in [7, 11) is -11.0. The number of carboxylic acid groups (broad SMARTS) is 1. The molecule has 1 rings (SSSR count). The second kappa shape index (κ2) is 6.18. The minimum atomic E-state index is -4.15. The lowest BCUT2D eigenvalue weighted by atomic mass is 10.2. The van der Waals surface area contributed by atoms with Crippen LogP contribution in [0.1, 0.15) is 12.8 Å². The van der Waals surface area contributed by atoms with Gasteiger partial charge in [-0.3, -0.25) is 4.79 Å². The molecule has 0 aliphatic carbocycles. The van der Waals surface area contributed by atoms with Crippen LogP contribution in [0.3, 0.4) is 0 Å². The summed E-state index contributed by atoms with van der Waals surface area (Å²) in [6, 6.07) is -1.60. The highest BCUT2D eigenvalue weighted by molar-refractivity contribution is 7.95. The number of hydrogen-bond acceptors (Lipinski definition) is 7. The highest BCUT2D eigenvalue weighted by Crippen LogP contribution is 2.18. The summed E-state index contributed by atoms with van der Waals surface area (Å²) in [6.07, 6.45) is 0.382. The van der Waals surface area contributed by atoms with Gasteiger partial charge in [-0.05, 0) is 12.8 Å². The van der Waals surface area contributed by atoms with Crippen molar-refractivity contribution in [3.63, 3.8) is 0 Å². The molecule has 0 bridgehead atoms. The molecule has 0 spiro atoms. The van der Waals surface area contributed by atoms with Gasteiger partial charge < -0.3 is 5.11 Å². The zero-order valence-corrected chi connectivity index (χ0v) is 13.7. The normalized spacial score (nSPS) is 23.8. The molecule has 1 aliphatic heterocycles. The Balaban J connectivity index is 2.81. The highest BCUT2D eigenvalue weighted by Gasteiger charge is 2.39. The molecule has 21 heavy (non-hydrogen) atoms. The van der Waals surface area contributed by atoms with Crippen LogP contribution in [0.2, 0.25) is 0 Å². The third-order valence-electron chi connectivity index (χ3n) is 3.01. The van der Waals surface area contributed by atoms with E-state index in [1.165, 1.54) is 0 Å². The first-order valence-corrected chi connectivity index (χ1v) is 11.4. The van der Waals surface area contributed by atoms with E-state index in [1.807, 2.05) is 4.72 Å². The Morgan fingerprint density at radius 1 is 1.33 bits per heavy atom. The van der Waals surface area contributed by atoms with Gasteiger partial charge in [-0.25, -0.2) is 30.0 Å². The number of sulfone groups is 2. The minimum absolute atomic E-state index is 0.101. The van der Waals surface area contributed by atoms with E-state index in [0.717, 1.165) is 6.26 Å². The number of nitrogens with one attached hydrogen (secondary N) is 1. The second-order valence-corrected chi connectivity index (χ2v) is 11.5. The Hall–Kier alpha value is -0.720. The van der Waals surface area contributed by atoms with Crippen LogP contribution in [0.25, 0.3) is 0 Å². The van der Waals surface area contributed by atoms with Gasteiger partial charge in [-0.2, -0.15) is 0 Å². The maximum Gasteiger partial charge on any atom is 0.321 e. The molecule has 1 saturated heterocycles. The fourth-order valence-electron chi connectivity index (χ4n) is 1.86. The lowest BCUT2D eigenvalue weighted by Crippen LogP contribution is -2.46. The SMILES string of the molecule is CS(=O)(=O)CCC(NS(=O)(=O)C1CCS(=O)(=O)C1)C(=O)O. The first kappa shape index (κ1) is 18.3. The quantitative estimate of drug-likeness (QED) is 0.526. The first-order valence-electron chi connectivity index (χ1n) is 5.94. The Kier molecular flexibility index (Phi) is 5.40. The monoisotopic (exact) mass is 363 g/mol. The van der Waals surface area contributed by atoms with E-state index in [0.29, 0.717) is 0 Å². The zero-order chi connectivity index (χ0) is 16.5. The number of rotatable bonds is 7. The summed E-state index contributed by atoms with van der Waals surface area (Å²) in [5.41, 5.74) is 0. The van der Waals surface area contributed by atoms with Crippen molar-refractivity contribution in [2.24, 2.45) is 0 Å². The van der Waals surface area contributed by atoms with Crippen molar-refractivity contribution in [3.8, 4) is 0 Å². The van der Waals surface area contributed by atoms with E-state index in [2.05, 4.69) is 0 Å². The van der Waals surface area contributed by atoms with Crippen LogP contribution in [0.15, 0.2) is 0 Å². The molecule has 0 amide bonds. The van der Waals surface area contributed by atoms with Crippen molar-refractivity contribution in [1.82, 2.24) is 4.72 Å². The van der Waals surface area contributed by atoms with Crippen molar-refractivity contribution in [3.05, 3.63) is 0 Å². The molecule has 0 aromatic rings. The van der Waals surface area contributed by atoms with Crippen LogP contribution >= 0.6 is 0 Å². The van der Waals surface area contributed by atoms with Crippen LogP contribution in [0.5, 0.6) is 0 Å². The van der Waals surface area contributed by atoms with Crippen LogP contribution in [-0.2, 0) is 34.5 Å². The smallest absolute Gasteiger partial charge is 0.321 e. The maximum atomic E-state index is 12.0. The Bertz CT molecular complexity index is 706. The van der Waals surface area contributed by atoms with Crippen LogP contribution in [-0.4, -0.2) is 71.1 Å². The third kappa shape index (κ3) is 5.88. The summed E-state index contributed by atoms with van der Waals surface area (Å²) in [4.78, 5) is 11.0. The van der Waals surface area contributed by atoms with Gasteiger partial charge in [-0.1, -0.05) is 0 Å². The molecule has 2 atom stereocenters. The molecule has 1 fully saturated rings. The lowest BCUT2D eigenvalue weighted by Gasteiger charge is -2.17. The average Bonchev–Trinajstić information content (AvgIpc) is 2.64.